The molecule has 2 heterocycles. The molecule has 0 bridgehead atoms. The van der Waals surface area contributed by atoms with Gasteiger partial charge in [0.25, 0.3) is 5.88 Å². The van der Waals surface area contributed by atoms with Crippen LogP contribution in [0.1, 0.15) is 116 Å². The van der Waals surface area contributed by atoms with Gasteiger partial charge in [0.1, 0.15) is 22.9 Å². The van der Waals surface area contributed by atoms with Crippen LogP contribution in [0.25, 0.3) is 0 Å². The molecule has 0 unspecified atom stereocenters. The number of ether oxygens (including phenoxy) is 2. The van der Waals surface area contributed by atoms with Gasteiger partial charge in [0.05, 0.1) is 29.3 Å². The molecule has 1 saturated heterocycles. The number of likely N-dealkylation sites (tertiary alicyclic amines) is 1. The Bertz CT molecular complexity index is 1620. The highest BCUT2D eigenvalue weighted by molar-refractivity contribution is 9.10. The number of unbranched alkanes of at least 4 members (excludes halogenated alkanes) is 2. The third-order valence-electron chi connectivity index (χ3n) is 10.8. The number of allylic oxidation sites excluding steroid dienone is 1. The summed E-state index contributed by atoms with van der Waals surface area (Å²) in [4.78, 5) is 32.9. The zero-order valence-electron chi connectivity index (χ0n) is 28.5. The summed E-state index contributed by atoms with van der Waals surface area (Å²) in [5.74, 6) is -3.75. The largest absolute Gasteiger partial charge is 0.508 e. The Kier molecular flexibility index (Phi) is 10.1. The van der Waals surface area contributed by atoms with Crippen LogP contribution in [0, 0.1) is 17.7 Å². The fraction of sp³-hybridized carbons (Fsp3) is 0.639. The van der Waals surface area contributed by atoms with Gasteiger partial charge in [-0.15, -0.1) is 0 Å². The van der Waals surface area contributed by atoms with E-state index in [2.05, 4.69) is 32.9 Å². The van der Waals surface area contributed by atoms with Crippen LogP contribution in [0.3, 0.4) is 0 Å². The van der Waals surface area contributed by atoms with Gasteiger partial charge in [-0.3, -0.25) is 19.4 Å². The van der Waals surface area contributed by atoms with Crippen LogP contribution in [0.2, 0.25) is 0 Å². The van der Waals surface area contributed by atoms with Gasteiger partial charge in [-0.25, -0.2) is 4.39 Å². The molecule has 0 amide bonds. The van der Waals surface area contributed by atoms with E-state index in [0.29, 0.717) is 35.8 Å². The maximum Gasteiger partial charge on any atom is 0.265 e. The molecule has 1 fully saturated rings. The number of carbonyl (C=O) groups excluding carboxylic acids is 2. The summed E-state index contributed by atoms with van der Waals surface area (Å²) in [5.41, 5.74) is -1.83. The van der Waals surface area contributed by atoms with Gasteiger partial charge in [0, 0.05) is 35.2 Å². The molecule has 0 spiro atoms. The molecule has 0 saturated carbocycles. The number of Topliss-reactive ketones (excluding diaryl/α,β-unsaturated/α-hetero) is 2. The van der Waals surface area contributed by atoms with Crippen molar-refractivity contribution < 1.29 is 38.2 Å². The molecule has 262 valence electrons. The molecule has 0 radical (unpaired) electrons. The Labute approximate surface area is 289 Å². The van der Waals surface area contributed by atoms with E-state index in [-0.39, 0.29) is 52.5 Å². The van der Waals surface area contributed by atoms with E-state index in [0.717, 1.165) is 51.5 Å². The highest BCUT2D eigenvalue weighted by atomic mass is 79.9. The predicted molar refractivity (Wildman–Crippen MR) is 180 cm³/mol. The summed E-state index contributed by atoms with van der Waals surface area (Å²) >= 11 is 3.62. The molecule has 10 nitrogen and oxygen atoms in total. The second kappa shape index (κ2) is 13.8. The van der Waals surface area contributed by atoms with E-state index < -0.39 is 46.6 Å². The van der Waals surface area contributed by atoms with E-state index >= 15 is 4.39 Å². The molecule has 2 N–H and O–H groups in total. The summed E-state index contributed by atoms with van der Waals surface area (Å²) in [6.07, 6.45) is 6.61. The number of ketones is 2. The molecule has 1 aliphatic heterocycles. The Hall–Kier alpha value is -2.80. The summed E-state index contributed by atoms with van der Waals surface area (Å²) in [6, 6.07) is -0.391. The first-order valence-corrected chi connectivity index (χ1v) is 18.2. The number of aromatic nitrogens is 1. The minimum atomic E-state index is -2.45. The van der Waals surface area contributed by atoms with Crippen molar-refractivity contribution in [2.24, 2.45) is 11.8 Å². The van der Waals surface area contributed by atoms with Gasteiger partial charge in [0.2, 0.25) is 5.78 Å². The summed E-state index contributed by atoms with van der Waals surface area (Å²) in [6.45, 7) is 8.03. The minimum Gasteiger partial charge on any atom is -0.508 e. The Morgan fingerprint density at radius 1 is 1.12 bits per heavy atom. The Morgan fingerprint density at radius 3 is 2.50 bits per heavy atom. The van der Waals surface area contributed by atoms with Crippen molar-refractivity contribution in [3.8, 4) is 11.6 Å². The third kappa shape index (κ3) is 5.60. The molecule has 12 heteroatoms. The summed E-state index contributed by atoms with van der Waals surface area (Å²) < 4.78 is 34.9. The lowest BCUT2D eigenvalue weighted by Crippen LogP contribution is -2.59. The maximum atomic E-state index is 16.8. The van der Waals surface area contributed by atoms with Crippen LogP contribution in [0.5, 0.6) is 11.6 Å². The average Bonchev–Trinajstić information content (AvgIpc) is 3.47. The predicted octanol–water partition coefficient (Wildman–Crippen LogP) is 6.73. The lowest BCUT2D eigenvalue weighted by atomic mass is 9.58. The van der Waals surface area contributed by atoms with E-state index in [1.54, 1.807) is 19.0 Å². The van der Waals surface area contributed by atoms with Gasteiger partial charge in [-0.1, -0.05) is 33.1 Å². The van der Waals surface area contributed by atoms with Crippen molar-refractivity contribution in [3.63, 3.8) is 0 Å². The lowest BCUT2D eigenvalue weighted by Gasteiger charge is -2.49. The van der Waals surface area contributed by atoms with E-state index in [1.165, 1.54) is 0 Å². The molecule has 3 aliphatic carbocycles. The summed E-state index contributed by atoms with van der Waals surface area (Å²) in [5, 5.41) is 28.3. The van der Waals surface area contributed by atoms with Crippen molar-refractivity contribution in [2.45, 2.75) is 103 Å². The fourth-order valence-electron chi connectivity index (χ4n) is 8.13. The molecule has 4 aliphatic rings. The first-order valence-electron chi connectivity index (χ1n) is 17.4. The average molecular weight is 733 g/mol. The topological polar surface area (TPSA) is 126 Å². The van der Waals surface area contributed by atoms with Gasteiger partial charge in [0.15, 0.2) is 17.1 Å². The number of halogens is 2. The lowest BCUT2D eigenvalue weighted by molar-refractivity contribution is -0.0559. The minimum absolute atomic E-state index is 0.0347. The zero-order valence-corrected chi connectivity index (χ0v) is 30.1. The van der Waals surface area contributed by atoms with E-state index in [9.17, 15) is 19.8 Å². The molecule has 5 atom stereocenters. The number of nitrogens with zero attached hydrogens (tertiary/aromatic N) is 3. The number of aliphatic hydroxyl groups excluding tert-OH is 1. The van der Waals surface area contributed by atoms with Gasteiger partial charge in [-0.05, 0) is 93.1 Å². The quantitative estimate of drug-likeness (QED) is 0.241. The number of hydrogen-bond acceptors (Lipinski definition) is 10. The zero-order chi connectivity index (χ0) is 34.5. The molecular weight excluding hydrogens is 685 g/mol. The van der Waals surface area contributed by atoms with Gasteiger partial charge in [-0.2, -0.15) is 0 Å². The second-order valence-corrected chi connectivity index (χ2v) is 14.9. The number of rotatable bonds is 11. The Balaban J connectivity index is 1.48. The van der Waals surface area contributed by atoms with Crippen LogP contribution < -0.4 is 9.47 Å². The Morgan fingerprint density at radius 2 is 1.83 bits per heavy atom. The molecular formula is C36H47BrFN3O7. The van der Waals surface area contributed by atoms with E-state index in [4.69, 9.17) is 14.0 Å². The van der Waals surface area contributed by atoms with Crippen LogP contribution in [0.15, 0.2) is 20.3 Å². The van der Waals surface area contributed by atoms with Gasteiger partial charge >= 0.3 is 0 Å². The number of fused-ring (bicyclic) bond motifs is 4. The highest BCUT2D eigenvalue weighted by Gasteiger charge is 2.64. The smallest absolute Gasteiger partial charge is 0.265 e. The molecule has 1 aromatic carbocycles. The van der Waals surface area contributed by atoms with Crippen LogP contribution in [0.4, 0.5) is 4.39 Å². The van der Waals surface area contributed by atoms with Crippen LogP contribution >= 0.6 is 15.9 Å². The molecule has 2 aromatic rings. The number of benzene rings is 1. The monoisotopic (exact) mass is 731 g/mol. The van der Waals surface area contributed by atoms with Gasteiger partial charge < -0.3 is 24.2 Å². The normalized spacial score (nSPS) is 27.1. The SMILES string of the molecule is CCCCOc1noc2c1C(=O)[C@@]1(O)C(O)=C3C(=O)c4c(c(F)c(CN5CCCC[C@@H]5C)c(Br)c4OCCCC)C[C@H]3C[C@H]1[C@@H]2N(C)C. The van der Waals surface area contributed by atoms with Crippen molar-refractivity contribution in [2.75, 3.05) is 33.9 Å². The first-order chi connectivity index (χ1) is 23.0. The molecule has 48 heavy (non-hydrogen) atoms. The highest BCUT2D eigenvalue weighted by Crippen LogP contribution is 2.57. The maximum absolute atomic E-state index is 16.8. The molecule has 6 rings (SSSR count). The van der Waals surface area contributed by atoms with E-state index in [1.807, 2.05) is 13.8 Å². The summed E-state index contributed by atoms with van der Waals surface area (Å²) in [7, 11) is 3.57. The van der Waals surface area contributed by atoms with Crippen LogP contribution in [-0.2, 0) is 13.0 Å². The fourth-order valence-corrected chi connectivity index (χ4v) is 8.74. The molecule has 1 aromatic heterocycles. The number of carbonyl (C=O) groups is 2. The second-order valence-electron chi connectivity index (χ2n) is 14.1. The third-order valence-corrected chi connectivity index (χ3v) is 11.6. The van der Waals surface area contributed by atoms with Crippen molar-refractivity contribution in [1.82, 2.24) is 15.0 Å². The number of aliphatic hydroxyl groups is 2. The standard InChI is InChI=1S/C36H47BrFN3O7/c1-6-8-14-46-31-25-21(28(38)22(27(31)37)18-41-13-11-10-12-19(41)3)16-20-17-23-29(40(4)5)32-26(35(39-48-32)47-15-9-7-2)34(44)36(23,45)33(43)24(20)30(25)42/h19-20,23,29,43,45H,6-18H2,1-5H3/t19-,20-,23-,29-,36-/m0/s1. The van der Waals surface area contributed by atoms with Crippen LogP contribution in [-0.4, -0.2) is 82.2 Å². The number of hydrogen-bond donors (Lipinski definition) is 2. The first kappa shape index (κ1) is 35.0. The van der Waals surface area contributed by atoms with Crippen molar-refractivity contribution >= 4 is 27.5 Å². The van der Waals surface area contributed by atoms with Crippen molar-refractivity contribution in [1.29, 1.82) is 0 Å². The van der Waals surface area contributed by atoms with Crippen molar-refractivity contribution in [3.05, 3.63) is 49.6 Å². The number of piperidine rings is 1.